The van der Waals surface area contributed by atoms with Crippen molar-refractivity contribution in [2.24, 2.45) is 7.05 Å². The molecule has 1 aromatic carbocycles. The third-order valence-corrected chi connectivity index (χ3v) is 3.14. The molecule has 10 heteroatoms. The van der Waals surface area contributed by atoms with Crippen LogP contribution in [0, 0.1) is 15.9 Å². The quantitative estimate of drug-likeness (QED) is 0.607. The number of nitrogens with zero attached hydrogens (tertiary/aromatic N) is 5. The van der Waals surface area contributed by atoms with Crippen molar-refractivity contribution in [1.82, 2.24) is 19.9 Å². The smallest absolute Gasteiger partial charge is 0.410 e. The Balaban J connectivity index is 2.50. The summed E-state index contributed by atoms with van der Waals surface area (Å²) in [6.07, 6.45) is -1.12. The number of rotatable bonds is 4. The van der Waals surface area contributed by atoms with Gasteiger partial charge >= 0.3 is 11.8 Å². The third kappa shape index (κ3) is 4.32. The summed E-state index contributed by atoms with van der Waals surface area (Å²) in [5, 5.41) is 19.0. The number of nitro groups is 1. The molecule has 1 amide bonds. The lowest BCUT2D eigenvalue weighted by molar-refractivity contribution is -0.387. The minimum atomic E-state index is -2.88. The minimum absolute atomic E-state index is 0.0612. The summed E-state index contributed by atoms with van der Waals surface area (Å²) in [6, 6.07) is 3.51. The van der Waals surface area contributed by atoms with Crippen molar-refractivity contribution in [3.63, 3.8) is 0 Å². The van der Waals surface area contributed by atoms with E-state index in [0.717, 1.165) is 10.9 Å². The third-order valence-electron chi connectivity index (χ3n) is 3.14. The van der Waals surface area contributed by atoms with Gasteiger partial charge in [-0.25, -0.2) is 4.79 Å². The molecule has 0 aliphatic carbocycles. The van der Waals surface area contributed by atoms with E-state index in [1.807, 2.05) is 0 Å². The Bertz CT molecular complexity index is 940. The van der Waals surface area contributed by atoms with Gasteiger partial charge in [0.1, 0.15) is 17.0 Å². The maximum atomic E-state index is 14.6. The molecule has 0 saturated carbocycles. The maximum Gasteiger partial charge on any atom is 0.410 e. The zero-order valence-electron chi connectivity index (χ0n) is 17.7. The normalized spacial score (nSPS) is 13.5. The number of hydrogen-bond donors (Lipinski definition) is 0. The molecule has 2 aromatic rings. The van der Waals surface area contributed by atoms with Crippen molar-refractivity contribution in [3.05, 3.63) is 39.8 Å². The molecule has 1 aromatic heterocycles. The lowest BCUT2D eigenvalue weighted by Gasteiger charge is -2.24. The Labute approximate surface area is 153 Å². The van der Waals surface area contributed by atoms with Gasteiger partial charge in [-0.05, 0) is 26.8 Å². The number of nitro benzene ring substituents is 1. The maximum absolute atomic E-state index is 14.6. The first-order valence-corrected chi connectivity index (χ1v) is 7.55. The second-order valence-corrected chi connectivity index (χ2v) is 6.45. The summed E-state index contributed by atoms with van der Waals surface area (Å²) >= 11 is 0. The van der Waals surface area contributed by atoms with E-state index in [0.29, 0.717) is 4.90 Å². The van der Waals surface area contributed by atoms with Crippen molar-refractivity contribution in [2.45, 2.75) is 32.9 Å². The average Bonchev–Trinajstić information content (AvgIpc) is 2.90. The Morgan fingerprint density at radius 3 is 2.73 bits per heavy atom. The summed E-state index contributed by atoms with van der Waals surface area (Å²) in [5.74, 6) is -1.14. The van der Waals surface area contributed by atoms with Crippen LogP contribution in [0.5, 0.6) is 0 Å². The van der Waals surface area contributed by atoms with Gasteiger partial charge in [0.15, 0.2) is 0 Å². The highest BCUT2D eigenvalue weighted by atomic mass is 19.1. The Hall–Kier alpha value is -3.04. The molecular formula is C16H20FN5O4. The van der Waals surface area contributed by atoms with Gasteiger partial charge in [0.05, 0.1) is 11.5 Å². The van der Waals surface area contributed by atoms with E-state index >= 15 is 0 Å². The summed E-state index contributed by atoms with van der Waals surface area (Å²) in [5.41, 5.74) is -2.13. The van der Waals surface area contributed by atoms with Crippen LogP contribution in [0.1, 0.15) is 30.6 Å². The Morgan fingerprint density at radius 1 is 1.46 bits per heavy atom. The highest BCUT2D eigenvalue weighted by molar-refractivity contribution is 5.69. The zero-order chi connectivity index (χ0) is 22.1. The fourth-order valence-electron chi connectivity index (χ4n) is 2.14. The van der Waals surface area contributed by atoms with Crippen LogP contribution >= 0.6 is 0 Å². The molecular weight excluding hydrogens is 345 g/mol. The van der Waals surface area contributed by atoms with Crippen LogP contribution < -0.4 is 0 Å². The number of benzene rings is 1. The summed E-state index contributed by atoms with van der Waals surface area (Å²) in [7, 11) is 1.41. The monoisotopic (exact) mass is 368 g/mol. The summed E-state index contributed by atoms with van der Waals surface area (Å²) in [4.78, 5) is 24.0. The summed E-state index contributed by atoms with van der Waals surface area (Å²) in [6.45, 7) is 1.29. The fourth-order valence-corrected chi connectivity index (χ4v) is 2.14. The standard InChI is InChI=1S/C16H20FN5O4/c1-16(2,3)26-15(23)20(4)9-11-14(19-21(5)18-11)10-7-6-8-12(13(10)17)22(24)25/h6-8H,9H2,1-5H3/i4D3. The summed E-state index contributed by atoms with van der Waals surface area (Å²) < 4.78 is 42.6. The van der Waals surface area contributed by atoms with E-state index in [9.17, 15) is 19.3 Å². The van der Waals surface area contributed by atoms with Crippen molar-refractivity contribution in [3.8, 4) is 11.3 Å². The van der Waals surface area contributed by atoms with E-state index in [2.05, 4.69) is 10.2 Å². The highest BCUT2D eigenvalue weighted by Crippen LogP contribution is 2.29. The fraction of sp³-hybridized carbons (Fsp3) is 0.438. The van der Waals surface area contributed by atoms with Gasteiger partial charge in [0, 0.05) is 29.8 Å². The number of carbonyl (C=O) groups is 1. The van der Waals surface area contributed by atoms with Crippen molar-refractivity contribution in [1.29, 1.82) is 0 Å². The molecule has 0 spiro atoms. The molecule has 26 heavy (non-hydrogen) atoms. The van der Waals surface area contributed by atoms with E-state index in [-0.39, 0.29) is 17.0 Å². The second-order valence-electron chi connectivity index (χ2n) is 6.45. The van der Waals surface area contributed by atoms with E-state index in [1.165, 1.54) is 19.2 Å². The lowest BCUT2D eigenvalue weighted by atomic mass is 10.1. The van der Waals surface area contributed by atoms with Crippen LogP contribution in [0.15, 0.2) is 18.2 Å². The zero-order valence-corrected chi connectivity index (χ0v) is 14.7. The molecule has 0 atom stereocenters. The lowest BCUT2D eigenvalue weighted by Crippen LogP contribution is -2.34. The number of aromatic nitrogens is 3. The first-order valence-electron chi connectivity index (χ1n) is 9.05. The number of halogens is 1. The van der Waals surface area contributed by atoms with Gasteiger partial charge in [-0.15, -0.1) is 0 Å². The number of amides is 1. The second kappa shape index (κ2) is 7.06. The number of hydrogen-bond acceptors (Lipinski definition) is 6. The van der Waals surface area contributed by atoms with E-state index < -0.39 is 41.6 Å². The molecule has 9 nitrogen and oxygen atoms in total. The van der Waals surface area contributed by atoms with E-state index in [1.54, 1.807) is 20.8 Å². The Kier molecular flexibility index (Phi) is 4.14. The molecule has 0 aliphatic rings. The first-order chi connectivity index (χ1) is 13.2. The van der Waals surface area contributed by atoms with Gasteiger partial charge in [-0.1, -0.05) is 6.07 Å². The SMILES string of the molecule is [2H]C([2H])([2H])N(Cc1nn(C)nc1-c1cccc([N+](=O)[O-])c1F)C(=O)OC(C)(C)C. The molecule has 0 saturated heterocycles. The minimum Gasteiger partial charge on any atom is -0.444 e. The molecule has 0 fully saturated rings. The molecule has 1 heterocycles. The molecule has 0 bridgehead atoms. The molecule has 0 aliphatic heterocycles. The van der Waals surface area contributed by atoms with Crippen LogP contribution in [0.4, 0.5) is 14.9 Å². The average molecular weight is 368 g/mol. The molecule has 0 N–H and O–H groups in total. The Morgan fingerprint density at radius 2 is 2.15 bits per heavy atom. The molecule has 140 valence electrons. The van der Waals surface area contributed by atoms with Gasteiger partial charge in [0.2, 0.25) is 5.82 Å². The predicted octanol–water partition coefficient (Wildman–Crippen LogP) is 2.90. The van der Waals surface area contributed by atoms with Crippen LogP contribution in [-0.2, 0) is 18.3 Å². The van der Waals surface area contributed by atoms with Crippen LogP contribution in [0.2, 0.25) is 0 Å². The van der Waals surface area contributed by atoms with Crippen molar-refractivity contribution in [2.75, 3.05) is 6.98 Å². The topological polar surface area (TPSA) is 103 Å². The van der Waals surface area contributed by atoms with Crippen LogP contribution in [0.3, 0.4) is 0 Å². The molecule has 0 unspecified atom stereocenters. The number of carbonyl (C=O) groups excluding carboxylic acids is 1. The van der Waals surface area contributed by atoms with Gasteiger partial charge in [-0.3, -0.25) is 10.1 Å². The van der Waals surface area contributed by atoms with E-state index in [4.69, 9.17) is 8.85 Å². The predicted molar refractivity (Wildman–Crippen MR) is 90.8 cm³/mol. The van der Waals surface area contributed by atoms with Crippen LogP contribution in [0.25, 0.3) is 11.3 Å². The van der Waals surface area contributed by atoms with Gasteiger partial charge < -0.3 is 9.64 Å². The van der Waals surface area contributed by atoms with Gasteiger partial charge in [-0.2, -0.15) is 19.4 Å². The number of ether oxygens (including phenoxy) is 1. The largest absolute Gasteiger partial charge is 0.444 e. The van der Waals surface area contributed by atoms with Crippen molar-refractivity contribution < 1.29 is 23.0 Å². The highest BCUT2D eigenvalue weighted by Gasteiger charge is 2.25. The van der Waals surface area contributed by atoms with Gasteiger partial charge in [0.25, 0.3) is 0 Å². The number of aryl methyl sites for hydroxylation is 1. The first kappa shape index (κ1) is 15.2. The molecule has 0 radical (unpaired) electrons. The molecule has 2 rings (SSSR count). The van der Waals surface area contributed by atoms with Crippen LogP contribution in [-0.4, -0.2) is 43.5 Å². The van der Waals surface area contributed by atoms with Crippen molar-refractivity contribution >= 4 is 11.8 Å².